The number of benzene rings is 1. The zero-order chi connectivity index (χ0) is 32.2. The van der Waals surface area contributed by atoms with Crippen molar-refractivity contribution in [3.63, 3.8) is 0 Å². The topological polar surface area (TPSA) is 67.5 Å². The zero-order valence-corrected chi connectivity index (χ0v) is 28.6. The lowest BCUT2D eigenvalue weighted by Crippen LogP contribution is -2.33. The first-order valence-electron chi connectivity index (χ1n) is 18.6. The highest BCUT2D eigenvalue weighted by Crippen LogP contribution is 2.19. The van der Waals surface area contributed by atoms with E-state index in [-0.39, 0.29) is 17.3 Å². The first kappa shape index (κ1) is 38.5. The van der Waals surface area contributed by atoms with Crippen molar-refractivity contribution >= 4 is 11.9 Å². The summed E-state index contributed by atoms with van der Waals surface area (Å²) in [5.41, 5.74) is 1.49. The molecule has 0 aliphatic heterocycles. The second-order valence-electron chi connectivity index (χ2n) is 13.0. The Kier molecular flexibility index (Phi) is 22.7. The predicted molar refractivity (Wildman–Crippen MR) is 186 cm³/mol. The Morgan fingerprint density at radius 2 is 1.13 bits per heavy atom. The minimum Gasteiger partial charge on any atom is -0.478 e. The van der Waals surface area contributed by atoms with Gasteiger partial charge in [0, 0.05) is 24.5 Å². The largest absolute Gasteiger partial charge is 0.478 e. The lowest BCUT2D eigenvalue weighted by atomic mass is 10.0. The fourth-order valence-corrected chi connectivity index (χ4v) is 6.09. The summed E-state index contributed by atoms with van der Waals surface area (Å²) in [6, 6.07) is 10.8. The Balaban J connectivity index is 1.37. The molecule has 252 valence electrons. The number of aryl methyl sites for hydroxylation is 2. The molecule has 5 nitrogen and oxygen atoms in total. The average Bonchev–Trinajstić information content (AvgIpc) is 3.04. The van der Waals surface area contributed by atoms with Crippen molar-refractivity contribution in [3.8, 4) is 5.75 Å². The second-order valence-corrected chi connectivity index (χ2v) is 13.0. The molecule has 0 amide bonds. The van der Waals surface area contributed by atoms with Crippen LogP contribution in [0.3, 0.4) is 0 Å². The molecular formula is C40H64NO4+. The molecule has 0 saturated carbocycles. The van der Waals surface area contributed by atoms with Crippen LogP contribution >= 0.6 is 0 Å². The summed E-state index contributed by atoms with van der Waals surface area (Å²) in [6.07, 6.45) is 36.3. The standard InChI is InChI=1S/C40H63NO4/c1-2-3-4-5-6-7-8-9-10-11-15-18-21-26-33-41-34-27-29-36(35-41)28-22-19-16-13-12-14-17-20-23-32-39(42)45-38-31-25-24-30-37(38)40(43)44/h24-25,27,29-31,34-35H,2-23,26,28,32-33H2,1H3/p+1. The van der Waals surface area contributed by atoms with Crippen molar-refractivity contribution in [2.45, 2.75) is 174 Å². The van der Waals surface area contributed by atoms with Gasteiger partial charge in [-0.1, -0.05) is 141 Å². The van der Waals surface area contributed by atoms with Gasteiger partial charge in [0.15, 0.2) is 12.4 Å². The molecule has 1 aromatic carbocycles. The van der Waals surface area contributed by atoms with Crippen LogP contribution in [0.1, 0.15) is 177 Å². The van der Waals surface area contributed by atoms with E-state index in [0.29, 0.717) is 6.42 Å². The van der Waals surface area contributed by atoms with Gasteiger partial charge in [-0.2, -0.15) is 0 Å². The van der Waals surface area contributed by atoms with Crippen LogP contribution in [0, 0.1) is 0 Å². The molecule has 0 fully saturated rings. The van der Waals surface area contributed by atoms with Crippen molar-refractivity contribution in [1.29, 1.82) is 0 Å². The quantitative estimate of drug-likeness (QED) is 0.0424. The number of para-hydroxylation sites is 1. The first-order valence-corrected chi connectivity index (χ1v) is 18.6. The summed E-state index contributed by atoms with van der Waals surface area (Å²) >= 11 is 0. The van der Waals surface area contributed by atoms with Crippen LogP contribution in [-0.2, 0) is 17.8 Å². The van der Waals surface area contributed by atoms with E-state index in [4.69, 9.17) is 4.74 Å². The molecule has 5 heteroatoms. The number of carboxylic acid groups (broad SMARTS) is 1. The number of rotatable bonds is 29. The van der Waals surface area contributed by atoms with Crippen LogP contribution in [0.15, 0.2) is 48.8 Å². The fourth-order valence-electron chi connectivity index (χ4n) is 6.09. The van der Waals surface area contributed by atoms with Crippen molar-refractivity contribution < 1.29 is 24.0 Å². The number of aromatic carboxylic acids is 1. The zero-order valence-electron chi connectivity index (χ0n) is 28.6. The number of carbonyl (C=O) groups excluding carboxylic acids is 1. The Bertz CT molecular complexity index is 1040. The van der Waals surface area contributed by atoms with E-state index in [1.54, 1.807) is 12.1 Å². The molecule has 0 radical (unpaired) electrons. The number of carbonyl (C=O) groups is 2. The number of ether oxygens (including phenoxy) is 1. The Morgan fingerprint density at radius 3 is 1.71 bits per heavy atom. The van der Waals surface area contributed by atoms with Gasteiger partial charge in [0.05, 0.1) is 0 Å². The van der Waals surface area contributed by atoms with Crippen molar-refractivity contribution in [3.05, 3.63) is 59.9 Å². The molecule has 1 N–H and O–H groups in total. The van der Waals surface area contributed by atoms with Gasteiger partial charge in [0.1, 0.15) is 17.9 Å². The number of unbranched alkanes of at least 4 members (excludes halogenated alkanes) is 21. The van der Waals surface area contributed by atoms with Crippen LogP contribution in [0.2, 0.25) is 0 Å². The molecule has 2 rings (SSSR count). The highest BCUT2D eigenvalue weighted by Gasteiger charge is 2.13. The van der Waals surface area contributed by atoms with Crippen molar-refractivity contribution in [1.82, 2.24) is 0 Å². The molecule has 0 aliphatic rings. The van der Waals surface area contributed by atoms with Gasteiger partial charge in [-0.3, -0.25) is 4.79 Å². The van der Waals surface area contributed by atoms with Gasteiger partial charge >= 0.3 is 11.9 Å². The van der Waals surface area contributed by atoms with E-state index < -0.39 is 5.97 Å². The van der Waals surface area contributed by atoms with Gasteiger partial charge in [-0.05, 0) is 43.9 Å². The van der Waals surface area contributed by atoms with E-state index in [2.05, 4.69) is 36.0 Å². The summed E-state index contributed by atoms with van der Waals surface area (Å²) < 4.78 is 7.65. The Labute approximate surface area is 275 Å². The van der Waals surface area contributed by atoms with Crippen LogP contribution in [0.5, 0.6) is 5.75 Å². The van der Waals surface area contributed by atoms with Gasteiger partial charge in [-0.25, -0.2) is 9.36 Å². The predicted octanol–water partition coefficient (Wildman–Crippen LogP) is 11.2. The number of aromatic nitrogens is 1. The monoisotopic (exact) mass is 622 g/mol. The summed E-state index contributed by atoms with van der Waals surface area (Å²) in [4.78, 5) is 23.3. The third-order valence-electron chi connectivity index (χ3n) is 8.88. The smallest absolute Gasteiger partial charge is 0.339 e. The summed E-state index contributed by atoms with van der Waals surface area (Å²) in [6.45, 7) is 3.43. The van der Waals surface area contributed by atoms with Crippen LogP contribution in [0.25, 0.3) is 0 Å². The summed E-state index contributed by atoms with van der Waals surface area (Å²) in [7, 11) is 0. The maximum atomic E-state index is 12.1. The number of pyridine rings is 1. The molecule has 0 spiro atoms. The van der Waals surface area contributed by atoms with E-state index in [1.807, 2.05) is 0 Å². The molecule has 1 aromatic heterocycles. The third kappa shape index (κ3) is 20.1. The second kappa shape index (κ2) is 26.5. The molecule has 0 unspecified atom stereocenters. The minimum absolute atomic E-state index is 0.0219. The molecule has 0 atom stereocenters. The molecule has 0 aliphatic carbocycles. The number of carboxylic acids is 1. The molecule has 1 heterocycles. The van der Waals surface area contributed by atoms with Crippen LogP contribution in [-0.4, -0.2) is 17.0 Å². The number of hydrogen-bond acceptors (Lipinski definition) is 3. The van der Waals surface area contributed by atoms with E-state index in [0.717, 1.165) is 25.8 Å². The number of esters is 1. The van der Waals surface area contributed by atoms with Crippen LogP contribution < -0.4 is 9.30 Å². The van der Waals surface area contributed by atoms with Gasteiger partial charge < -0.3 is 9.84 Å². The molecule has 0 saturated heterocycles. The van der Waals surface area contributed by atoms with E-state index >= 15 is 0 Å². The minimum atomic E-state index is -1.09. The third-order valence-corrected chi connectivity index (χ3v) is 8.88. The maximum absolute atomic E-state index is 12.1. The Morgan fingerprint density at radius 1 is 0.622 bits per heavy atom. The van der Waals surface area contributed by atoms with E-state index in [9.17, 15) is 14.7 Å². The number of hydrogen-bond donors (Lipinski definition) is 1. The van der Waals surface area contributed by atoms with Crippen LogP contribution in [0.4, 0.5) is 0 Å². The van der Waals surface area contributed by atoms with E-state index in [1.165, 1.54) is 153 Å². The maximum Gasteiger partial charge on any atom is 0.339 e. The average molecular weight is 623 g/mol. The highest BCUT2D eigenvalue weighted by molar-refractivity contribution is 5.91. The summed E-state index contributed by atoms with van der Waals surface area (Å²) in [5, 5.41) is 9.20. The number of nitrogens with zero attached hydrogens (tertiary/aromatic N) is 1. The van der Waals surface area contributed by atoms with Crippen molar-refractivity contribution in [2.75, 3.05) is 0 Å². The Hall–Kier alpha value is -2.69. The first-order chi connectivity index (χ1) is 22.1. The summed E-state index contributed by atoms with van der Waals surface area (Å²) in [5.74, 6) is -1.32. The SMILES string of the molecule is CCCCCCCCCCCCCCCC[n+]1cccc(CCCCCCCCCCCC(=O)Oc2ccccc2C(=O)O)c1. The normalized spacial score (nSPS) is 11.1. The molecular weight excluding hydrogens is 558 g/mol. The lowest BCUT2D eigenvalue weighted by Gasteiger charge is -2.07. The van der Waals surface area contributed by atoms with Gasteiger partial charge in [-0.15, -0.1) is 0 Å². The van der Waals surface area contributed by atoms with Gasteiger partial charge in [0.2, 0.25) is 0 Å². The lowest BCUT2D eigenvalue weighted by molar-refractivity contribution is -0.697. The molecule has 2 aromatic rings. The molecule has 0 bridgehead atoms. The van der Waals surface area contributed by atoms with Gasteiger partial charge in [0.25, 0.3) is 0 Å². The fraction of sp³-hybridized carbons (Fsp3) is 0.675. The highest BCUT2D eigenvalue weighted by atomic mass is 16.5. The van der Waals surface area contributed by atoms with Crippen molar-refractivity contribution in [2.24, 2.45) is 0 Å². The molecule has 45 heavy (non-hydrogen) atoms.